The summed E-state index contributed by atoms with van der Waals surface area (Å²) in [6, 6.07) is 11.8. The Morgan fingerprint density at radius 3 is 2.62 bits per heavy atom. The van der Waals surface area contributed by atoms with Crippen LogP contribution in [0.4, 0.5) is 5.69 Å². The summed E-state index contributed by atoms with van der Waals surface area (Å²) in [5.74, 6) is 0.655. The Kier molecular flexibility index (Phi) is 4.86. The van der Waals surface area contributed by atoms with Gasteiger partial charge in [0.2, 0.25) is 5.91 Å². The molecule has 136 valence electrons. The maximum atomic E-state index is 12.8. The summed E-state index contributed by atoms with van der Waals surface area (Å²) in [5, 5.41) is 3.94. The number of nitrogens with zero attached hydrogens (tertiary/aromatic N) is 2. The molecule has 0 radical (unpaired) electrons. The molecule has 26 heavy (non-hydrogen) atoms. The highest BCUT2D eigenvalue weighted by Crippen LogP contribution is 2.48. The van der Waals surface area contributed by atoms with Gasteiger partial charge in [-0.3, -0.25) is 9.78 Å². The topological polar surface area (TPSA) is 45.2 Å². The lowest BCUT2D eigenvalue weighted by molar-refractivity contribution is -0.123. The number of aromatic nitrogens is 1. The number of carbonyl (C=O) groups excluding carboxylic acids is 1. The predicted octanol–water partition coefficient (Wildman–Crippen LogP) is 3.80. The van der Waals surface area contributed by atoms with Crippen molar-refractivity contribution in [1.29, 1.82) is 0 Å². The standard InChI is InChI=1S/C21H24ClN3O/c22-18-5-3-17(4-6-18)21(9-10-21)20(26)24-14-16-2-1-13-25(15-16)19-7-11-23-12-8-19/h3-8,11-12,16H,1-2,9-10,13-15H2,(H,24,26)/t16-/m1/s1. The van der Waals surface area contributed by atoms with Gasteiger partial charge in [0.15, 0.2) is 0 Å². The average molecular weight is 370 g/mol. The first-order chi connectivity index (χ1) is 12.7. The Hall–Kier alpha value is -2.07. The van der Waals surface area contributed by atoms with Crippen LogP contribution in [-0.2, 0) is 10.2 Å². The zero-order valence-electron chi connectivity index (χ0n) is 14.8. The van der Waals surface area contributed by atoms with Crippen molar-refractivity contribution < 1.29 is 4.79 Å². The molecule has 1 aliphatic heterocycles. The molecular weight excluding hydrogens is 346 g/mol. The number of piperidine rings is 1. The van der Waals surface area contributed by atoms with Crippen molar-refractivity contribution in [3.05, 3.63) is 59.4 Å². The van der Waals surface area contributed by atoms with Gasteiger partial charge in [0.1, 0.15) is 0 Å². The summed E-state index contributed by atoms with van der Waals surface area (Å²) in [4.78, 5) is 19.3. The third kappa shape index (κ3) is 3.56. The number of amides is 1. The van der Waals surface area contributed by atoms with Gasteiger partial charge in [-0.2, -0.15) is 0 Å². The van der Waals surface area contributed by atoms with E-state index in [9.17, 15) is 4.79 Å². The number of hydrogen-bond acceptors (Lipinski definition) is 3. The minimum absolute atomic E-state index is 0.167. The van der Waals surface area contributed by atoms with Gasteiger partial charge in [0, 0.05) is 42.7 Å². The van der Waals surface area contributed by atoms with Crippen LogP contribution < -0.4 is 10.2 Å². The van der Waals surface area contributed by atoms with Gasteiger partial charge in [0.25, 0.3) is 0 Å². The fourth-order valence-corrected chi connectivity index (χ4v) is 4.09. The highest BCUT2D eigenvalue weighted by atomic mass is 35.5. The maximum absolute atomic E-state index is 12.8. The number of pyridine rings is 1. The normalized spacial score (nSPS) is 21.3. The second kappa shape index (κ2) is 7.28. The van der Waals surface area contributed by atoms with Gasteiger partial charge in [0.05, 0.1) is 5.41 Å². The van der Waals surface area contributed by atoms with Crippen LogP contribution in [0, 0.1) is 5.92 Å². The average Bonchev–Trinajstić information content (AvgIpc) is 3.50. The lowest BCUT2D eigenvalue weighted by Gasteiger charge is -2.34. The van der Waals surface area contributed by atoms with E-state index in [1.807, 2.05) is 36.7 Å². The van der Waals surface area contributed by atoms with Crippen LogP contribution in [-0.4, -0.2) is 30.5 Å². The Bertz CT molecular complexity index is 759. The highest BCUT2D eigenvalue weighted by Gasteiger charge is 2.51. The van der Waals surface area contributed by atoms with Crippen LogP contribution in [0.2, 0.25) is 5.02 Å². The third-order valence-electron chi connectivity index (χ3n) is 5.68. The van der Waals surface area contributed by atoms with E-state index >= 15 is 0 Å². The monoisotopic (exact) mass is 369 g/mol. The molecule has 1 aromatic heterocycles. The van der Waals surface area contributed by atoms with E-state index in [4.69, 9.17) is 11.6 Å². The second-order valence-corrected chi connectivity index (χ2v) is 7.90. The number of halogens is 1. The molecule has 2 fully saturated rings. The second-order valence-electron chi connectivity index (χ2n) is 7.46. The molecular formula is C21H24ClN3O. The van der Waals surface area contributed by atoms with Crippen LogP contribution in [0.1, 0.15) is 31.2 Å². The molecule has 2 heterocycles. The molecule has 4 nitrogen and oxygen atoms in total. The molecule has 1 N–H and O–H groups in total. The first-order valence-corrected chi connectivity index (χ1v) is 9.74. The molecule has 1 atom stereocenters. The van der Waals surface area contributed by atoms with E-state index in [2.05, 4.69) is 27.3 Å². The molecule has 0 bridgehead atoms. The van der Waals surface area contributed by atoms with E-state index in [-0.39, 0.29) is 11.3 Å². The van der Waals surface area contributed by atoms with Crippen molar-refractivity contribution >= 4 is 23.2 Å². The van der Waals surface area contributed by atoms with Crippen LogP contribution in [0.5, 0.6) is 0 Å². The fourth-order valence-electron chi connectivity index (χ4n) is 3.97. The van der Waals surface area contributed by atoms with Gasteiger partial charge < -0.3 is 10.2 Å². The number of anilines is 1. The lowest BCUT2D eigenvalue weighted by Crippen LogP contribution is -2.43. The van der Waals surface area contributed by atoms with Crippen molar-refractivity contribution in [2.45, 2.75) is 31.1 Å². The SMILES string of the molecule is O=C(NC[C@H]1CCCN(c2ccncc2)C1)C1(c2ccc(Cl)cc2)CC1. The molecule has 1 saturated heterocycles. The quantitative estimate of drug-likeness (QED) is 0.871. The third-order valence-corrected chi connectivity index (χ3v) is 5.93. The number of nitrogens with one attached hydrogen (secondary N) is 1. The first-order valence-electron chi connectivity index (χ1n) is 9.37. The highest BCUT2D eigenvalue weighted by molar-refractivity contribution is 6.30. The van der Waals surface area contributed by atoms with Gasteiger partial charge in [-0.25, -0.2) is 0 Å². The van der Waals surface area contributed by atoms with E-state index < -0.39 is 0 Å². The largest absolute Gasteiger partial charge is 0.371 e. The molecule has 1 aliphatic carbocycles. The van der Waals surface area contributed by atoms with E-state index in [1.165, 1.54) is 5.69 Å². The molecule has 2 aromatic rings. The van der Waals surface area contributed by atoms with E-state index in [0.717, 1.165) is 50.9 Å². The van der Waals surface area contributed by atoms with Crippen molar-refractivity contribution in [2.75, 3.05) is 24.5 Å². The predicted molar refractivity (Wildman–Crippen MR) is 105 cm³/mol. The summed E-state index contributed by atoms with van der Waals surface area (Å²) in [6.07, 6.45) is 7.84. The summed E-state index contributed by atoms with van der Waals surface area (Å²) in [7, 11) is 0. The zero-order valence-corrected chi connectivity index (χ0v) is 15.6. The Balaban J connectivity index is 1.35. The minimum Gasteiger partial charge on any atom is -0.371 e. The van der Waals surface area contributed by atoms with E-state index in [0.29, 0.717) is 10.9 Å². The van der Waals surface area contributed by atoms with Gasteiger partial charge in [-0.05, 0) is 61.4 Å². The summed E-state index contributed by atoms with van der Waals surface area (Å²) in [5.41, 5.74) is 1.97. The fraction of sp³-hybridized carbons (Fsp3) is 0.429. The number of benzene rings is 1. The maximum Gasteiger partial charge on any atom is 0.230 e. The van der Waals surface area contributed by atoms with Crippen molar-refractivity contribution in [3.8, 4) is 0 Å². The van der Waals surface area contributed by atoms with Gasteiger partial charge in [-0.1, -0.05) is 23.7 Å². The molecule has 1 saturated carbocycles. The minimum atomic E-state index is -0.329. The van der Waals surface area contributed by atoms with Crippen LogP contribution in [0.25, 0.3) is 0 Å². The van der Waals surface area contributed by atoms with Crippen molar-refractivity contribution in [1.82, 2.24) is 10.3 Å². The van der Waals surface area contributed by atoms with Crippen molar-refractivity contribution in [2.24, 2.45) is 5.92 Å². The number of hydrogen-bond donors (Lipinski definition) is 1. The van der Waals surface area contributed by atoms with Gasteiger partial charge >= 0.3 is 0 Å². The molecule has 2 aliphatic rings. The Morgan fingerprint density at radius 1 is 1.19 bits per heavy atom. The molecule has 0 spiro atoms. The summed E-state index contributed by atoms with van der Waals surface area (Å²) >= 11 is 5.98. The van der Waals surface area contributed by atoms with Gasteiger partial charge in [-0.15, -0.1) is 0 Å². The lowest BCUT2D eigenvalue weighted by atomic mass is 9.93. The number of rotatable bonds is 5. The zero-order chi connectivity index (χ0) is 18.0. The smallest absolute Gasteiger partial charge is 0.230 e. The number of carbonyl (C=O) groups is 1. The van der Waals surface area contributed by atoms with E-state index in [1.54, 1.807) is 0 Å². The first kappa shape index (κ1) is 17.3. The molecule has 4 rings (SSSR count). The summed E-state index contributed by atoms with van der Waals surface area (Å²) < 4.78 is 0. The van der Waals surface area contributed by atoms with Crippen LogP contribution in [0.3, 0.4) is 0 Å². The molecule has 5 heteroatoms. The molecule has 0 unspecified atom stereocenters. The summed E-state index contributed by atoms with van der Waals surface area (Å²) in [6.45, 7) is 2.80. The van der Waals surface area contributed by atoms with Crippen LogP contribution >= 0.6 is 11.6 Å². The molecule has 1 amide bonds. The Morgan fingerprint density at radius 2 is 1.92 bits per heavy atom. The van der Waals surface area contributed by atoms with Crippen molar-refractivity contribution in [3.63, 3.8) is 0 Å². The van der Waals surface area contributed by atoms with Crippen LogP contribution in [0.15, 0.2) is 48.8 Å². The molecule has 1 aromatic carbocycles. The Labute approximate surface area is 159 Å².